The number of ether oxygens (including phenoxy) is 1. The maximum Gasteiger partial charge on any atom is 0.137 e. The Morgan fingerprint density at radius 3 is 2.65 bits per heavy atom. The van der Waals surface area contributed by atoms with Crippen molar-refractivity contribution in [1.29, 1.82) is 0 Å². The molecule has 0 aliphatic rings. The quantitative estimate of drug-likeness (QED) is 0.740. The lowest BCUT2D eigenvalue weighted by molar-refractivity contribution is 0.199. The molecule has 17 heavy (non-hydrogen) atoms. The van der Waals surface area contributed by atoms with Gasteiger partial charge in [-0.15, -0.1) is 0 Å². The van der Waals surface area contributed by atoms with E-state index in [1.54, 1.807) is 25.1 Å². The highest BCUT2D eigenvalue weighted by molar-refractivity contribution is 6.32. The molecular formula is C13H19ClO3. The molecule has 0 aromatic heterocycles. The zero-order chi connectivity index (χ0) is 12.7. The Balaban J connectivity index is 2.43. The molecule has 0 amide bonds. The Labute approximate surface area is 107 Å². The average molecular weight is 259 g/mol. The molecule has 0 fully saturated rings. The van der Waals surface area contributed by atoms with E-state index in [0.29, 0.717) is 17.4 Å². The lowest BCUT2D eigenvalue weighted by atomic mass is 10.1. The highest BCUT2D eigenvalue weighted by Crippen LogP contribution is 2.28. The van der Waals surface area contributed by atoms with Gasteiger partial charge < -0.3 is 14.9 Å². The van der Waals surface area contributed by atoms with Gasteiger partial charge in [-0.1, -0.05) is 17.7 Å². The summed E-state index contributed by atoms with van der Waals surface area (Å²) in [7, 11) is 0. The van der Waals surface area contributed by atoms with Gasteiger partial charge in [-0.05, 0) is 43.9 Å². The first kappa shape index (κ1) is 14.3. The minimum atomic E-state index is -0.522. The summed E-state index contributed by atoms with van der Waals surface area (Å²) >= 11 is 6.04. The predicted octanol–water partition coefficient (Wildman–Crippen LogP) is 2.93. The molecule has 0 aliphatic carbocycles. The van der Waals surface area contributed by atoms with Crippen molar-refractivity contribution < 1.29 is 14.9 Å². The van der Waals surface area contributed by atoms with Crippen LogP contribution in [0.1, 0.15) is 37.9 Å². The fourth-order valence-corrected chi connectivity index (χ4v) is 1.71. The zero-order valence-electron chi connectivity index (χ0n) is 10.0. The van der Waals surface area contributed by atoms with Crippen LogP contribution >= 0.6 is 11.6 Å². The monoisotopic (exact) mass is 258 g/mol. The molecule has 0 aliphatic heterocycles. The molecule has 1 atom stereocenters. The lowest BCUT2D eigenvalue weighted by Crippen LogP contribution is -1.99. The van der Waals surface area contributed by atoms with Crippen LogP contribution in [0.15, 0.2) is 18.2 Å². The fraction of sp³-hybridized carbons (Fsp3) is 0.538. The van der Waals surface area contributed by atoms with E-state index in [0.717, 1.165) is 24.8 Å². The molecule has 0 radical (unpaired) electrons. The maximum absolute atomic E-state index is 9.39. The second-order valence-corrected chi connectivity index (χ2v) is 4.41. The third-order valence-electron chi connectivity index (χ3n) is 2.50. The van der Waals surface area contributed by atoms with E-state index in [-0.39, 0.29) is 6.61 Å². The standard InChI is InChI=1S/C13H19ClO3/c1-10(16)11-5-6-13(12(14)9-11)17-8-4-2-3-7-15/h5-6,9-10,15-16H,2-4,7-8H2,1H3/t10-/m0/s1. The number of aliphatic hydroxyl groups excluding tert-OH is 2. The van der Waals surface area contributed by atoms with Gasteiger partial charge in [0.15, 0.2) is 0 Å². The van der Waals surface area contributed by atoms with Crippen molar-refractivity contribution in [2.45, 2.75) is 32.3 Å². The van der Waals surface area contributed by atoms with E-state index in [1.807, 2.05) is 0 Å². The van der Waals surface area contributed by atoms with Gasteiger partial charge in [0.05, 0.1) is 17.7 Å². The summed E-state index contributed by atoms with van der Waals surface area (Å²) in [6.45, 7) is 2.51. The average Bonchev–Trinajstić information content (AvgIpc) is 2.30. The van der Waals surface area contributed by atoms with E-state index in [4.69, 9.17) is 21.4 Å². The van der Waals surface area contributed by atoms with Crippen molar-refractivity contribution in [2.75, 3.05) is 13.2 Å². The van der Waals surface area contributed by atoms with Crippen LogP contribution in [0.2, 0.25) is 5.02 Å². The molecule has 0 heterocycles. The second-order valence-electron chi connectivity index (χ2n) is 4.00. The molecule has 96 valence electrons. The summed E-state index contributed by atoms with van der Waals surface area (Å²) in [4.78, 5) is 0. The number of hydrogen-bond acceptors (Lipinski definition) is 3. The summed E-state index contributed by atoms with van der Waals surface area (Å²) in [6, 6.07) is 5.30. The number of rotatable bonds is 7. The lowest BCUT2D eigenvalue weighted by Gasteiger charge is -2.10. The van der Waals surface area contributed by atoms with Crippen molar-refractivity contribution in [3.8, 4) is 5.75 Å². The van der Waals surface area contributed by atoms with Gasteiger partial charge in [0, 0.05) is 6.61 Å². The van der Waals surface area contributed by atoms with Crippen molar-refractivity contribution in [3.63, 3.8) is 0 Å². The van der Waals surface area contributed by atoms with E-state index in [1.165, 1.54) is 0 Å². The first-order valence-electron chi connectivity index (χ1n) is 5.86. The smallest absolute Gasteiger partial charge is 0.137 e. The van der Waals surface area contributed by atoms with Gasteiger partial charge in [0.25, 0.3) is 0 Å². The molecule has 0 unspecified atom stereocenters. The number of halogens is 1. The first-order valence-corrected chi connectivity index (χ1v) is 6.24. The molecule has 0 bridgehead atoms. The molecule has 0 spiro atoms. The fourth-order valence-electron chi connectivity index (χ4n) is 1.47. The van der Waals surface area contributed by atoms with Crippen LogP contribution in [-0.4, -0.2) is 23.4 Å². The molecule has 1 aromatic carbocycles. The molecule has 1 rings (SSSR count). The van der Waals surface area contributed by atoms with E-state index < -0.39 is 6.10 Å². The normalized spacial score (nSPS) is 12.5. The number of unbranched alkanes of at least 4 members (excludes halogenated alkanes) is 2. The van der Waals surface area contributed by atoms with Gasteiger partial charge in [0.1, 0.15) is 5.75 Å². The maximum atomic E-state index is 9.39. The van der Waals surface area contributed by atoms with E-state index >= 15 is 0 Å². The Morgan fingerprint density at radius 1 is 1.29 bits per heavy atom. The molecule has 2 N–H and O–H groups in total. The Kier molecular flexibility index (Phi) is 6.34. The van der Waals surface area contributed by atoms with Gasteiger partial charge in [0.2, 0.25) is 0 Å². The molecule has 1 aromatic rings. The minimum absolute atomic E-state index is 0.226. The van der Waals surface area contributed by atoms with Crippen LogP contribution in [-0.2, 0) is 0 Å². The first-order chi connectivity index (χ1) is 8.15. The SMILES string of the molecule is C[C@H](O)c1ccc(OCCCCCO)c(Cl)c1. The molecular weight excluding hydrogens is 240 g/mol. The summed E-state index contributed by atoms with van der Waals surface area (Å²) < 4.78 is 5.52. The van der Waals surface area contributed by atoms with Gasteiger partial charge in [-0.3, -0.25) is 0 Å². The molecule has 4 heteroatoms. The van der Waals surface area contributed by atoms with E-state index in [2.05, 4.69) is 0 Å². The molecule has 3 nitrogen and oxygen atoms in total. The van der Waals surface area contributed by atoms with Crippen LogP contribution in [0.25, 0.3) is 0 Å². The zero-order valence-corrected chi connectivity index (χ0v) is 10.8. The highest BCUT2D eigenvalue weighted by Gasteiger charge is 2.06. The number of hydrogen-bond donors (Lipinski definition) is 2. The minimum Gasteiger partial charge on any atom is -0.492 e. The summed E-state index contributed by atoms with van der Waals surface area (Å²) in [5, 5.41) is 18.5. The van der Waals surface area contributed by atoms with Crippen molar-refractivity contribution in [2.24, 2.45) is 0 Å². The molecule has 0 saturated heterocycles. The van der Waals surface area contributed by atoms with Crippen molar-refractivity contribution in [3.05, 3.63) is 28.8 Å². The topological polar surface area (TPSA) is 49.7 Å². The Morgan fingerprint density at radius 2 is 2.06 bits per heavy atom. The Bertz CT molecular complexity index is 339. The van der Waals surface area contributed by atoms with Crippen LogP contribution in [0, 0.1) is 0 Å². The van der Waals surface area contributed by atoms with Crippen LogP contribution in [0.4, 0.5) is 0 Å². The van der Waals surface area contributed by atoms with Crippen LogP contribution in [0.5, 0.6) is 5.75 Å². The largest absolute Gasteiger partial charge is 0.492 e. The highest BCUT2D eigenvalue weighted by atomic mass is 35.5. The predicted molar refractivity (Wildman–Crippen MR) is 68.5 cm³/mol. The van der Waals surface area contributed by atoms with Gasteiger partial charge in [-0.25, -0.2) is 0 Å². The van der Waals surface area contributed by atoms with Crippen molar-refractivity contribution >= 4 is 11.6 Å². The number of benzene rings is 1. The number of aliphatic hydroxyl groups is 2. The van der Waals surface area contributed by atoms with Crippen LogP contribution in [0.3, 0.4) is 0 Å². The van der Waals surface area contributed by atoms with Gasteiger partial charge in [-0.2, -0.15) is 0 Å². The Hall–Kier alpha value is -0.770. The summed E-state index contributed by atoms with van der Waals surface area (Å²) in [5.41, 5.74) is 0.780. The third kappa shape index (κ3) is 4.94. The van der Waals surface area contributed by atoms with Crippen LogP contribution < -0.4 is 4.74 Å². The molecule has 0 saturated carbocycles. The van der Waals surface area contributed by atoms with Crippen molar-refractivity contribution in [1.82, 2.24) is 0 Å². The van der Waals surface area contributed by atoms with E-state index in [9.17, 15) is 5.11 Å². The van der Waals surface area contributed by atoms with Gasteiger partial charge >= 0.3 is 0 Å². The third-order valence-corrected chi connectivity index (χ3v) is 2.79. The summed E-state index contributed by atoms with van der Waals surface area (Å²) in [5.74, 6) is 0.639. The summed E-state index contributed by atoms with van der Waals surface area (Å²) in [6.07, 6.45) is 2.12. The second kappa shape index (κ2) is 7.54.